The van der Waals surface area contributed by atoms with Crippen LogP contribution in [0.2, 0.25) is 5.15 Å². The maximum Gasteiger partial charge on any atom is 0.329 e. The molecule has 0 radical (unpaired) electrons. The molecule has 0 aliphatic carbocycles. The minimum absolute atomic E-state index is 0.123. The van der Waals surface area contributed by atoms with E-state index in [1.165, 1.54) is 6.20 Å². The summed E-state index contributed by atoms with van der Waals surface area (Å²) < 4.78 is 10.6. The zero-order valence-corrected chi connectivity index (χ0v) is 17.7. The van der Waals surface area contributed by atoms with E-state index in [4.69, 9.17) is 21.1 Å². The number of ether oxygens (including phenoxy) is 2. The van der Waals surface area contributed by atoms with Gasteiger partial charge in [0.2, 0.25) is 0 Å². The quantitative estimate of drug-likeness (QED) is 0.465. The van der Waals surface area contributed by atoms with Crippen molar-refractivity contribution in [2.75, 3.05) is 18.5 Å². The number of carbonyl (C=O) groups is 3. The second-order valence-electron chi connectivity index (χ2n) is 6.62. The highest BCUT2D eigenvalue weighted by Gasteiger charge is 2.27. The molecule has 8 nitrogen and oxygen atoms in total. The van der Waals surface area contributed by atoms with Crippen LogP contribution in [0.25, 0.3) is 0 Å². The second-order valence-corrected chi connectivity index (χ2v) is 6.98. The van der Waals surface area contributed by atoms with Crippen molar-refractivity contribution in [3.8, 4) is 5.75 Å². The van der Waals surface area contributed by atoms with Crippen molar-refractivity contribution in [1.82, 2.24) is 10.3 Å². The summed E-state index contributed by atoms with van der Waals surface area (Å²) in [5, 5.41) is 5.29. The number of carbonyl (C=O) groups excluding carboxylic acids is 3. The first-order chi connectivity index (χ1) is 14.3. The van der Waals surface area contributed by atoms with Crippen molar-refractivity contribution >= 4 is 35.1 Å². The lowest BCUT2D eigenvalue weighted by atomic mass is 10.0. The lowest BCUT2D eigenvalue weighted by molar-refractivity contribution is -0.150. The molecule has 0 saturated heterocycles. The molecule has 0 saturated carbocycles. The minimum atomic E-state index is -0.943. The Morgan fingerprint density at radius 1 is 1.13 bits per heavy atom. The number of hydrogen-bond acceptors (Lipinski definition) is 6. The van der Waals surface area contributed by atoms with Gasteiger partial charge in [-0.2, -0.15) is 0 Å². The predicted molar refractivity (Wildman–Crippen MR) is 113 cm³/mol. The van der Waals surface area contributed by atoms with Crippen LogP contribution in [-0.2, 0) is 14.3 Å². The molecule has 2 N–H and O–H groups in total. The number of anilines is 1. The van der Waals surface area contributed by atoms with E-state index >= 15 is 0 Å². The van der Waals surface area contributed by atoms with E-state index in [-0.39, 0.29) is 11.1 Å². The van der Waals surface area contributed by atoms with E-state index in [0.29, 0.717) is 23.6 Å². The van der Waals surface area contributed by atoms with Crippen molar-refractivity contribution in [1.29, 1.82) is 0 Å². The number of esters is 1. The topological polar surface area (TPSA) is 107 Å². The molecule has 1 heterocycles. The van der Waals surface area contributed by atoms with Crippen molar-refractivity contribution in [2.45, 2.75) is 26.8 Å². The number of nitrogens with one attached hydrogen (secondary N) is 2. The highest BCUT2D eigenvalue weighted by Crippen LogP contribution is 2.19. The first kappa shape index (κ1) is 23.2. The van der Waals surface area contributed by atoms with Gasteiger partial charge in [0.15, 0.2) is 11.8 Å². The summed E-state index contributed by atoms with van der Waals surface area (Å²) in [6, 6.07) is 8.97. The van der Waals surface area contributed by atoms with Crippen molar-refractivity contribution < 1.29 is 23.9 Å². The van der Waals surface area contributed by atoms with Crippen LogP contribution in [0.3, 0.4) is 0 Å². The summed E-state index contributed by atoms with van der Waals surface area (Å²) in [6.07, 6.45) is 1.48. The first-order valence-electron chi connectivity index (χ1n) is 9.43. The van der Waals surface area contributed by atoms with Gasteiger partial charge in [-0.15, -0.1) is 0 Å². The lowest BCUT2D eigenvalue weighted by Gasteiger charge is -2.21. The molecule has 0 fully saturated rings. The molecule has 1 atom stereocenters. The molecule has 2 aromatic rings. The molecule has 9 heteroatoms. The number of hydrogen-bond donors (Lipinski definition) is 2. The van der Waals surface area contributed by atoms with Crippen LogP contribution >= 0.6 is 11.6 Å². The van der Waals surface area contributed by atoms with Crippen LogP contribution < -0.4 is 15.4 Å². The third-order valence-corrected chi connectivity index (χ3v) is 4.32. The second kappa shape index (κ2) is 11.2. The largest absolute Gasteiger partial charge is 0.493 e. The summed E-state index contributed by atoms with van der Waals surface area (Å²) in [6.45, 7) is 5.20. The van der Waals surface area contributed by atoms with Crippen LogP contribution in [0.1, 0.15) is 31.1 Å². The third-order valence-electron chi connectivity index (χ3n) is 4.02. The number of para-hydroxylation sites is 1. The highest BCUT2D eigenvalue weighted by molar-refractivity contribution is 6.32. The summed E-state index contributed by atoms with van der Waals surface area (Å²) in [5.74, 6) is -1.62. The maximum absolute atomic E-state index is 12.7. The Morgan fingerprint density at radius 2 is 1.87 bits per heavy atom. The van der Waals surface area contributed by atoms with Crippen LogP contribution in [-0.4, -0.2) is 42.0 Å². The zero-order chi connectivity index (χ0) is 22.1. The number of pyridine rings is 1. The molecule has 0 spiro atoms. The predicted octanol–water partition coefficient (Wildman–Crippen LogP) is 3.07. The Balaban J connectivity index is 1.98. The average molecular weight is 434 g/mol. The van der Waals surface area contributed by atoms with Gasteiger partial charge in [0.25, 0.3) is 11.8 Å². The van der Waals surface area contributed by atoms with Crippen molar-refractivity contribution in [3.05, 3.63) is 53.3 Å². The smallest absolute Gasteiger partial charge is 0.329 e. The van der Waals surface area contributed by atoms with E-state index in [1.807, 2.05) is 6.92 Å². The molecule has 0 bridgehead atoms. The fourth-order valence-electron chi connectivity index (χ4n) is 2.54. The van der Waals surface area contributed by atoms with Gasteiger partial charge in [0.1, 0.15) is 11.8 Å². The maximum atomic E-state index is 12.7. The Labute approximate surface area is 179 Å². The average Bonchev–Trinajstić information content (AvgIpc) is 2.72. The van der Waals surface area contributed by atoms with Gasteiger partial charge in [-0.3, -0.25) is 9.59 Å². The summed E-state index contributed by atoms with van der Waals surface area (Å²) >= 11 is 5.88. The molecule has 1 unspecified atom stereocenters. The molecule has 1 aromatic carbocycles. The van der Waals surface area contributed by atoms with Gasteiger partial charge < -0.3 is 20.1 Å². The Kier molecular flexibility index (Phi) is 8.61. The molecule has 1 aromatic heterocycles. The molecular weight excluding hydrogens is 410 g/mol. The monoisotopic (exact) mass is 433 g/mol. The molecule has 160 valence electrons. The van der Waals surface area contributed by atoms with E-state index in [1.54, 1.807) is 50.2 Å². The van der Waals surface area contributed by atoms with Gasteiger partial charge in [0, 0.05) is 6.20 Å². The fraction of sp³-hybridized carbons (Fsp3) is 0.333. The van der Waals surface area contributed by atoms with Gasteiger partial charge in [-0.05, 0) is 37.1 Å². The van der Waals surface area contributed by atoms with E-state index in [0.717, 1.165) is 0 Å². The zero-order valence-electron chi connectivity index (χ0n) is 17.0. The Bertz CT molecular complexity index is 904. The first-order valence-corrected chi connectivity index (χ1v) is 9.81. The molecular formula is C21H24ClN3O5. The van der Waals surface area contributed by atoms with Crippen LogP contribution in [0.15, 0.2) is 42.6 Å². The molecule has 2 amide bonds. The Morgan fingerprint density at radius 3 is 2.53 bits per heavy atom. The standard InChI is InChI=1S/C21H24ClN3O5/c1-4-29-16-10-6-5-8-14(16)20(27)25-18(13(2)3)21(28)30-12-17(26)24-15-9-7-11-23-19(15)22/h5-11,13,18H,4,12H2,1-3H3,(H,24,26)(H,25,27). The number of benzene rings is 1. The third kappa shape index (κ3) is 6.45. The number of amides is 2. The number of nitrogens with zero attached hydrogens (tertiary/aromatic N) is 1. The number of rotatable bonds is 9. The van der Waals surface area contributed by atoms with Crippen LogP contribution in [0.4, 0.5) is 5.69 Å². The molecule has 0 aliphatic heterocycles. The number of aromatic nitrogens is 1. The van der Waals surface area contributed by atoms with Crippen LogP contribution in [0.5, 0.6) is 5.75 Å². The molecule has 30 heavy (non-hydrogen) atoms. The van der Waals surface area contributed by atoms with Gasteiger partial charge in [-0.1, -0.05) is 37.6 Å². The van der Waals surface area contributed by atoms with Gasteiger partial charge >= 0.3 is 5.97 Å². The van der Waals surface area contributed by atoms with Gasteiger partial charge in [-0.25, -0.2) is 9.78 Å². The molecule has 2 rings (SSSR count). The van der Waals surface area contributed by atoms with E-state index < -0.39 is 30.4 Å². The normalized spacial score (nSPS) is 11.5. The summed E-state index contributed by atoms with van der Waals surface area (Å²) in [7, 11) is 0. The lowest BCUT2D eigenvalue weighted by Crippen LogP contribution is -2.46. The highest BCUT2D eigenvalue weighted by atomic mass is 35.5. The van der Waals surface area contributed by atoms with E-state index in [9.17, 15) is 14.4 Å². The number of halogens is 1. The Hall–Kier alpha value is -3.13. The van der Waals surface area contributed by atoms with Crippen LogP contribution in [0, 0.1) is 5.92 Å². The summed E-state index contributed by atoms with van der Waals surface area (Å²) in [5.41, 5.74) is 0.614. The summed E-state index contributed by atoms with van der Waals surface area (Å²) in [4.78, 5) is 41.1. The van der Waals surface area contributed by atoms with Gasteiger partial charge in [0.05, 0.1) is 17.9 Å². The molecule has 0 aliphatic rings. The fourth-order valence-corrected chi connectivity index (χ4v) is 2.71. The van der Waals surface area contributed by atoms with Crippen molar-refractivity contribution in [3.63, 3.8) is 0 Å². The SMILES string of the molecule is CCOc1ccccc1C(=O)NC(C(=O)OCC(=O)Nc1cccnc1Cl)C(C)C. The minimum Gasteiger partial charge on any atom is -0.493 e. The van der Waals surface area contributed by atoms with Crippen molar-refractivity contribution in [2.24, 2.45) is 5.92 Å². The van der Waals surface area contributed by atoms with E-state index in [2.05, 4.69) is 15.6 Å².